The molecule has 7 heteroatoms. The summed E-state index contributed by atoms with van der Waals surface area (Å²) in [5.74, 6) is -0.0917. The molecule has 0 saturated heterocycles. The minimum Gasteiger partial charge on any atom is -0.522 e. The van der Waals surface area contributed by atoms with Gasteiger partial charge >= 0.3 is 58.4 Å². The summed E-state index contributed by atoms with van der Waals surface area (Å²) in [4.78, 5) is 12.1. The molecule has 0 N–H and O–H groups in total. The van der Waals surface area contributed by atoms with Gasteiger partial charge in [0.15, 0.2) is 5.78 Å². The normalized spacial score (nSPS) is 10.6. The summed E-state index contributed by atoms with van der Waals surface area (Å²) in [5.41, 5.74) is 0.931. The number of carbonyl (C=O) groups is 1. The molecule has 104 valence electrons. The van der Waals surface area contributed by atoms with Crippen molar-refractivity contribution in [1.29, 1.82) is 0 Å². The van der Waals surface area contributed by atoms with Gasteiger partial charge in [-0.3, -0.25) is 4.79 Å². The van der Waals surface area contributed by atoms with Crippen molar-refractivity contribution in [2.75, 3.05) is 6.51 Å². The van der Waals surface area contributed by atoms with E-state index in [1.165, 1.54) is 24.3 Å². The van der Waals surface area contributed by atoms with Crippen LogP contribution in [-0.4, -0.2) is 19.3 Å². The van der Waals surface area contributed by atoms with Gasteiger partial charge < -0.3 is 17.7 Å². The third-order valence-corrected chi connectivity index (χ3v) is 2.59. The number of benzene rings is 2. The third-order valence-electron chi connectivity index (χ3n) is 2.59. The smallest absolute Gasteiger partial charge is 0.522 e. The fourth-order valence-corrected chi connectivity index (χ4v) is 1.65. The maximum absolute atomic E-state index is 12.1. The predicted octanol–water partition coefficient (Wildman–Crippen LogP) is 0.687. The quantitative estimate of drug-likeness (QED) is 0.599. The van der Waals surface area contributed by atoms with Crippen molar-refractivity contribution in [3.05, 3.63) is 65.7 Å². The van der Waals surface area contributed by atoms with Gasteiger partial charge in [-0.05, 0) is 24.3 Å². The molecule has 0 atom stereocenters. The van der Waals surface area contributed by atoms with Crippen LogP contribution < -0.4 is 56.1 Å². The summed E-state index contributed by atoms with van der Waals surface area (Å²) in [6.45, 7) is -6.27. The molecule has 0 aliphatic carbocycles. The van der Waals surface area contributed by atoms with Gasteiger partial charge in [-0.1, -0.05) is 30.3 Å². The summed E-state index contributed by atoms with van der Waals surface area (Å²) in [6, 6.07) is 14.3. The molecule has 0 fully saturated rings. The third kappa shape index (κ3) is 5.96. The Morgan fingerprint density at radius 3 is 1.95 bits per heavy atom. The number of halogens is 3. The maximum atomic E-state index is 12.1. The first-order chi connectivity index (χ1) is 9.46. The van der Waals surface area contributed by atoms with Crippen molar-refractivity contribution in [2.24, 2.45) is 0 Å². The predicted molar refractivity (Wildman–Crippen MR) is 70.9 cm³/mol. The van der Waals surface area contributed by atoms with Crippen LogP contribution in [0.4, 0.5) is 12.9 Å². The van der Waals surface area contributed by atoms with E-state index in [9.17, 15) is 17.7 Å². The molecule has 0 saturated carbocycles. The molecule has 2 nitrogen and oxygen atoms in total. The second-order valence-electron chi connectivity index (χ2n) is 4.24. The summed E-state index contributed by atoms with van der Waals surface area (Å²) >= 11 is 0. The Hall–Kier alpha value is -0.599. The van der Waals surface area contributed by atoms with E-state index in [0.29, 0.717) is 11.1 Å². The molecular weight excluding hydrogens is 307 g/mol. The zero-order chi connectivity index (χ0) is 14.6. The maximum Gasteiger partial charge on any atom is 1.00 e. The summed E-state index contributed by atoms with van der Waals surface area (Å²) in [7, 11) is 0. The van der Waals surface area contributed by atoms with Gasteiger partial charge in [-0.25, -0.2) is 0 Å². The van der Waals surface area contributed by atoms with Gasteiger partial charge in [-0.2, -0.15) is 0 Å². The van der Waals surface area contributed by atoms with E-state index in [4.69, 9.17) is 0 Å². The second-order valence-corrected chi connectivity index (χ2v) is 4.24. The Kier molecular flexibility index (Phi) is 7.16. The van der Waals surface area contributed by atoms with Crippen LogP contribution in [0.2, 0.25) is 0 Å². The molecule has 0 aromatic heterocycles. The van der Waals surface area contributed by atoms with E-state index < -0.39 is 13.5 Å². The molecule has 0 spiro atoms. The second kappa shape index (κ2) is 8.14. The van der Waals surface area contributed by atoms with Crippen molar-refractivity contribution in [3.63, 3.8) is 0 Å². The molecule has 0 radical (unpaired) electrons. The van der Waals surface area contributed by atoms with Gasteiger partial charge in [0.2, 0.25) is 0 Å². The molecule has 0 amide bonds. The Bertz CT molecular complexity index is 585. The fourth-order valence-electron chi connectivity index (χ4n) is 1.65. The van der Waals surface area contributed by atoms with Crippen molar-refractivity contribution in [1.82, 2.24) is 0 Å². The number of ether oxygens (including phenoxy) is 1. The van der Waals surface area contributed by atoms with Gasteiger partial charge in [0.25, 0.3) is 0 Å². The molecular formula is C14H11BF3KO2. The molecule has 2 aromatic carbocycles. The molecule has 2 rings (SSSR count). The van der Waals surface area contributed by atoms with Crippen molar-refractivity contribution < 1.29 is 73.9 Å². The summed E-state index contributed by atoms with van der Waals surface area (Å²) in [5, 5.41) is 0. The summed E-state index contributed by atoms with van der Waals surface area (Å²) < 4.78 is 40.8. The Morgan fingerprint density at radius 1 is 0.905 bits per heavy atom. The Morgan fingerprint density at radius 2 is 1.43 bits per heavy atom. The first-order valence-corrected chi connectivity index (χ1v) is 5.99. The standard InChI is InChI=1S/C14H11BF3O2.K/c16-15(17,18)10-20-13-8-6-12(7-9-13)14(19)11-4-2-1-3-5-11;/h1-9H,10H2;/q-1;+1. The largest absolute Gasteiger partial charge is 1.00 e. The Labute approximate surface area is 163 Å². The first kappa shape index (κ1) is 18.5. The van der Waals surface area contributed by atoms with Gasteiger partial charge in [0, 0.05) is 11.1 Å². The van der Waals surface area contributed by atoms with Gasteiger partial charge in [-0.15, -0.1) is 0 Å². The average Bonchev–Trinajstić information content (AvgIpc) is 2.45. The molecule has 21 heavy (non-hydrogen) atoms. The van der Waals surface area contributed by atoms with E-state index in [0.717, 1.165) is 0 Å². The van der Waals surface area contributed by atoms with E-state index in [1.807, 2.05) is 0 Å². The van der Waals surface area contributed by atoms with E-state index >= 15 is 0 Å². The SMILES string of the molecule is O=C(c1ccccc1)c1ccc(OC[B-](F)(F)F)cc1.[K+]. The van der Waals surface area contributed by atoms with E-state index in [1.54, 1.807) is 30.3 Å². The molecule has 0 aliphatic rings. The van der Waals surface area contributed by atoms with Crippen LogP contribution in [-0.2, 0) is 0 Å². The fraction of sp³-hybridized carbons (Fsp3) is 0.0714. The summed E-state index contributed by atoms with van der Waals surface area (Å²) in [6.07, 6.45) is 0. The van der Waals surface area contributed by atoms with Crippen molar-refractivity contribution in [2.45, 2.75) is 0 Å². The molecule has 0 bridgehead atoms. The van der Waals surface area contributed by atoms with Crippen molar-refractivity contribution >= 4 is 12.8 Å². The number of carbonyl (C=O) groups excluding carboxylic acids is 1. The van der Waals surface area contributed by atoms with E-state index in [-0.39, 0.29) is 62.9 Å². The zero-order valence-corrected chi connectivity index (χ0v) is 14.6. The van der Waals surface area contributed by atoms with Gasteiger partial charge in [0.1, 0.15) is 5.75 Å². The Balaban J connectivity index is 0.00000220. The minimum atomic E-state index is -4.98. The number of ketones is 1. The van der Waals surface area contributed by atoms with Crippen molar-refractivity contribution in [3.8, 4) is 5.75 Å². The van der Waals surface area contributed by atoms with Crippen LogP contribution in [0.25, 0.3) is 0 Å². The molecule has 0 aliphatic heterocycles. The van der Waals surface area contributed by atoms with Crippen LogP contribution >= 0.6 is 0 Å². The van der Waals surface area contributed by atoms with Gasteiger partial charge in [0.05, 0.1) is 6.51 Å². The van der Waals surface area contributed by atoms with E-state index in [2.05, 4.69) is 4.74 Å². The molecule has 0 unspecified atom stereocenters. The topological polar surface area (TPSA) is 26.3 Å². The molecule has 0 heterocycles. The average molecular weight is 318 g/mol. The monoisotopic (exact) mass is 318 g/mol. The number of hydrogen-bond donors (Lipinski definition) is 0. The van der Waals surface area contributed by atoms with Crippen LogP contribution in [0, 0.1) is 0 Å². The zero-order valence-electron chi connectivity index (χ0n) is 11.4. The number of hydrogen-bond acceptors (Lipinski definition) is 2. The first-order valence-electron chi connectivity index (χ1n) is 5.99. The van der Waals surface area contributed by atoms with Crippen LogP contribution in [0.3, 0.4) is 0 Å². The van der Waals surface area contributed by atoms with Crippen LogP contribution in [0.5, 0.6) is 5.75 Å². The van der Waals surface area contributed by atoms with Crippen LogP contribution in [0.1, 0.15) is 15.9 Å². The molecule has 2 aromatic rings. The number of rotatable bonds is 5. The van der Waals surface area contributed by atoms with Crippen LogP contribution in [0.15, 0.2) is 54.6 Å². The minimum absolute atomic E-state index is 0.